The molecule has 0 aliphatic carbocycles. The van der Waals surface area contributed by atoms with E-state index in [2.05, 4.69) is 51.6 Å². The van der Waals surface area contributed by atoms with Crippen molar-refractivity contribution < 1.29 is 9.84 Å². The molecular formula is C21H28N2O2S. The third-order valence-electron chi connectivity index (χ3n) is 4.88. The molecule has 1 aromatic carbocycles. The van der Waals surface area contributed by atoms with Crippen molar-refractivity contribution in [3.8, 4) is 5.75 Å². The van der Waals surface area contributed by atoms with Gasteiger partial charge < -0.3 is 9.84 Å². The van der Waals surface area contributed by atoms with Crippen molar-refractivity contribution >= 4 is 17.4 Å². The third kappa shape index (κ3) is 5.42. The summed E-state index contributed by atoms with van der Waals surface area (Å²) in [6.45, 7) is 5.33. The highest BCUT2D eigenvalue weighted by atomic mass is 32.1. The van der Waals surface area contributed by atoms with Gasteiger partial charge in [-0.2, -0.15) is 0 Å². The van der Waals surface area contributed by atoms with Crippen LogP contribution in [0.5, 0.6) is 5.75 Å². The summed E-state index contributed by atoms with van der Waals surface area (Å²) in [6.07, 6.45) is 5.23. The Balaban J connectivity index is 1.52. The maximum Gasteiger partial charge on any atom is 0.118 e. The van der Waals surface area contributed by atoms with Crippen LogP contribution in [0, 0.1) is 0 Å². The molecule has 0 spiro atoms. The van der Waals surface area contributed by atoms with E-state index in [4.69, 9.17) is 4.74 Å². The van der Waals surface area contributed by atoms with Crippen LogP contribution >= 0.6 is 11.3 Å². The average molecular weight is 373 g/mol. The first-order valence-corrected chi connectivity index (χ1v) is 10.1. The van der Waals surface area contributed by atoms with Crippen LogP contribution in [0.2, 0.25) is 0 Å². The minimum absolute atomic E-state index is 0.251. The summed E-state index contributed by atoms with van der Waals surface area (Å²) in [5, 5.41) is 11.6. The summed E-state index contributed by atoms with van der Waals surface area (Å²) in [5.41, 5.74) is 1.19. The fourth-order valence-corrected chi connectivity index (χ4v) is 4.14. The van der Waals surface area contributed by atoms with Gasteiger partial charge in [0.25, 0.3) is 0 Å². The lowest BCUT2D eigenvalue weighted by Crippen LogP contribution is -2.52. The van der Waals surface area contributed by atoms with Crippen molar-refractivity contribution in [1.29, 1.82) is 0 Å². The molecule has 0 amide bonds. The molecule has 5 heteroatoms. The van der Waals surface area contributed by atoms with Crippen LogP contribution in [-0.4, -0.2) is 60.8 Å². The average Bonchev–Trinajstić information content (AvgIpc) is 3.18. The van der Waals surface area contributed by atoms with Crippen molar-refractivity contribution in [3.63, 3.8) is 0 Å². The zero-order valence-corrected chi connectivity index (χ0v) is 16.2. The lowest BCUT2D eigenvalue weighted by atomic mass is 10.1. The highest BCUT2D eigenvalue weighted by molar-refractivity contribution is 7.09. The number of aliphatic hydroxyl groups is 1. The Kier molecular flexibility index (Phi) is 7.26. The maximum atomic E-state index is 9.45. The second kappa shape index (κ2) is 9.88. The summed E-state index contributed by atoms with van der Waals surface area (Å²) in [6, 6.07) is 12.9. The topological polar surface area (TPSA) is 35.9 Å². The van der Waals surface area contributed by atoms with Crippen molar-refractivity contribution in [2.45, 2.75) is 19.0 Å². The molecular weight excluding hydrogens is 344 g/mol. The molecule has 26 heavy (non-hydrogen) atoms. The molecule has 0 radical (unpaired) electrons. The molecule has 4 nitrogen and oxygen atoms in total. The highest BCUT2D eigenvalue weighted by Crippen LogP contribution is 2.19. The lowest BCUT2D eigenvalue weighted by Gasteiger charge is -2.41. The third-order valence-corrected chi connectivity index (χ3v) is 5.74. The minimum atomic E-state index is 0.251. The molecule has 1 saturated heterocycles. The first kappa shape index (κ1) is 19.1. The van der Waals surface area contributed by atoms with Gasteiger partial charge in [-0.05, 0) is 35.6 Å². The van der Waals surface area contributed by atoms with Crippen molar-refractivity contribution in [2.75, 3.05) is 39.9 Å². The van der Waals surface area contributed by atoms with E-state index in [0.29, 0.717) is 6.04 Å². The summed E-state index contributed by atoms with van der Waals surface area (Å²) in [4.78, 5) is 6.40. The molecule has 1 aliphatic heterocycles. The number of piperazine rings is 1. The number of hydrogen-bond donors (Lipinski definition) is 1. The Labute approximate surface area is 160 Å². The van der Waals surface area contributed by atoms with E-state index in [-0.39, 0.29) is 6.61 Å². The predicted octanol–water partition coefficient (Wildman–Crippen LogP) is 3.34. The van der Waals surface area contributed by atoms with E-state index in [1.807, 2.05) is 23.5 Å². The Hall–Kier alpha value is -1.66. The highest BCUT2D eigenvalue weighted by Gasteiger charge is 2.26. The number of ether oxygens (including phenoxy) is 1. The molecule has 2 aromatic rings. The maximum absolute atomic E-state index is 9.45. The Morgan fingerprint density at radius 2 is 2.08 bits per heavy atom. The monoisotopic (exact) mass is 372 g/mol. The van der Waals surface area contributed by atoms with E-state index in [9.17, 15) is 5.11 Å². The van der Waals surface area contributed by atoms with Gasteiger partial charge in [-0.15, -0.1) is 11.3 Å². The zero-order chi connectivity index (χ0) is 18.2. The Morgan fingerprint density at radius 3 is 2.77 bits per heavy atom. The molecule has 0 unspecified atom stereocenters. The fourth-order valence-electron chi connectivity index (χ4n) is 3.41. The van der Waals surface area contributed by atoms with Gasteiger partial charge in [0, 0.05) is 50.2 Å². The van der Waals surface area contributed by atoms with Crippen LogP contribution in [0.15, 0.2) is 47.9 Å². The van der Waals surface area contributed by atoms with Crippen LogP contribution in [0.25, 0.3) is 6.08 Å². The molecule has 1 atom stereocenters. The number of methoxy groups -OCH3 is 1. The molecule has 1 N–H and O–H groups in total. The molecule has 140 valence electrons. The summed E-state index contributed by atoms with van der Waals surface area (Å²) < 4.78 is 5.19. The van der Waals surface area contributed by atoms with Gasteiger partial charge in [0.2, 0.25) is 0 Å². The van der Waals surface area contributed by atoms with E-state index >= 15 is 0 Å². The first-order valence-electron chi connectivity index (χ1n) is 9.18. The molecule has 0 saturated carbocycles. The first-order chi connectivity index (χ1) is 12.8. The largest absolute Gasteiger partial charge is 0.497 e. The molecule has 3 rings (SSSR count). The van der Waals surface area contributed by atoms with E-state index in [1.165, 1.54) is 10.4 Å². The fraction of sp³-hybridized carbons (Fsp3) is 0.429. The minimum Gasteiger partial charge on any atom is -0.497 e. The van der Waals surface area contributed by atoms with Gasteiger partial charge in [-0.25, -0.2) is 0 Å². The SMILES string of the molecule is COc1ccc(/C=C/CN2CCN(Cc3cccs3)[C@@H](CCO)C2)cc1. The van der Waals surface area contributed by atoms with Crippen molar-refractivity contribution in [1.82, 2.24) is 9.80 Å². The predicted molar refractivity (Wildman–Crippen MR) is 109 cm³/mol. The smallest absolute Gasteiger partial charge is 0.118 e. The number of hydrogen-bond acceptors (Lipinski definition) is 5. The lowest BCUT2D eigenvalue weighted by molar-refractivity contribution is 0.0604. The van der Waals surface area contributed by atoms with Crippen molar-refractivity contribution in [2.24, 2.45) is 0 Å². The van der Waals surface area contributed by atoms with Gasteiger partial charge >= 0.3 is 0 Å². The molecule has 0 bridgehead atoms. The van der Waals surface area contributed by atoms with E-state index < -0.39 is 0 Å². The normalized spacial score (nSPS) is 19.2. The van der Waals surface area contributed by atoms with E-state index in [1.54, 1.807) is 7.11 Å². The number of thiophene rings is 1. The summed E-state index contributed by atoms with van der Waals surface area (Å²) in [5.74, 6) is 0.885. The Bertz CT molecular complexity index is 670. The van der Waals surface area contributed by atoms with E-state index in [0.717, 1.165) is 44.9 Å². The number of nitrogens with zero attached hydrogens (tertiary/aromatic N) is 2. The molecule has 2 heterocycles. The molecule has 1 fully saturated rings. The van der Waals surface area contributed by atoms with Gasteiger partial charge in [0.1, 0.15) is 5.75 Å². The standard InChI is InChI=1S/C21H28N2O2S/c1-25-20-8-6-18(7-9-20)4-2-11-22-12-13-23(19(16-22)10-14-24)17-21-5-3-15-26-21/h2-9,15,19,24H,10-14,16-17H2,1H3/b4-2+/t19-/m0/s1. The number of aliphatic hydroxyl groups excluding tert-OH is 1. The van der Waals surface area contributed by atoms with Crippen LogP contribution in [0.1, 0.15) is 16.9 Å². The summed E-state index contributed by atoms with van der Waals surface area (Å²) in [7, 11) is 1.69. The second-order valence-electron chi connectivity index (χ2n) is 6.65. The van der Waals surface area contributed by atoms with Crippen LogP contribution < -0.4 is 4.74 Å². The van der Waals surface area contributed by atoms with Crippen LogP contribution in [0.4, 0.5) is 0 Å². The van der Waals surface area contributed by atoms with Gasteiger partial charge in [-0.3, -0.25) is 9.80 Å². The zero-order valence-electron chi connectivity index (χ0n) is 15.4. The molecule has 1 aromatic heterocycles. The summed E-state index contributed by atoms with van der Waals surface area (Å²) >= 11 is 1.81. The quantitative estimate of drug-likeness (QED) is 0.771. The number of benzene rings is 1. The number of rotatable bonds is 8. The van der Waals surface area contributed by atoms with Gasteiger partial charge in [-0.1, -0.05) is 30.4 Å². The molecule has 1 aliphatic rings. The van der Waals surface area contributed by atoms with Crippen LogP contribution in [-0.2, 0) is 6.54 Å². The Morgan fingerprint density at radius 1 is 1.23 bits per heavy atom. The second-order valence-corrected chi connectivity index (χ2v) is 7.68. The van der Waals surface area contributed by atoms with Crippen LogP contribution in [0.3, 0.4) is 0 Å². The van der Waals surface area contributed by atoms with Crippen molar-refractivity contribution in [3.05, 3.63) is 58.3 Å². The van der Waals surface area contributed by atoms with Gasteiger partial charge in [0.15, 0.2) is 0 Å². The van der Waals surface area contributed by atoms with Gasteiger partial charge in [0.05, 0.1) is 7.11 Å².